The molecular formula is C10H15N3S. The minimum absolute atomic E-state index is 1.08. The first-order valence-corrected chi connectivity index (χ1v) is 6.03. The van der Waals surface area contributed by atoms with E-state index in [0.717, 1.165) is 32.0 Å². The van der Waals surface area contributed by atoms with Gasteiger partial charge in [0.25, 0.3) is 0 Å². The van der Waals surface area contributed by atoms with Crippen LogP contribution in [0.3, 0.4) is 0 Å². The van der Waals surface area contributed by atoms with Gasteiger partial charge < -0.3 is 4.90 Å². The molecule has 4 heteroatoms. The molecule has 1 aliphatic heterocycles. The molecule has 1 aliphatic rings. The van der Waals surface area contributed by atoms with Crippen LogP contribution in [0.5, 0.6) is 0 Å². The summed E-state index contributed by atoms with van der Waals surface area (Å²) in [6, 6.07) is 6.08. The highest BCUT2D eigenvalue weighted by Gasteiger charge is 2.16. The van der Waals surface area contributed by atoms with Gasteiger partial charge in [0.1, 0.15) is 5.82 Å². The first-order chi connectivity index (χ1) is 6.90. The monoisotopic (exact) mass is 209 g/mol. The van der Waals surface area contributed by atoms with Crippen LogP contribution in [0.4, 0.5) is 5.82 Å². The molecule has 0 aromatic carbocycles. The normalized spacial score (nSPS) is 18.5. The summed E-state index contributed by atoms with van der Waals surface area (Å²) in [6.45, 7) is 4.41. The standard InChI is InChI=1S/C10H15N3S/c1-14-13-8-6-12(7-9-13)10-4-2-3-5-11-10/h2-5H,6-9H2,1H3. The molecular weight excluding hydrogens is 194 g/mol. The number of rotatable bonds is 2. The van der Waals surface area contributed by atoms with Gasteiger partial charge in [0, 0.05) is 32.4 Å². The number of pyridine rings is 1. The van der Waals surface area contributed by atoms with E-state index in [4.69, 9.17) is 0 Å². The Morgan fingerprint density at radius 1 is 1.21 bits per heavy atom. The third kappa shape index (κ3) is 2.19. The van der Waals surface area contributed by atoms with Gasteiger partial charge >= 0.3 is 0 Å². The Morgan fingerprint density at radius 3 is 2.57 bits per heavy atom. The van der Waals surface area contributed by atoms with Crippen LogP contribution in [0.1, 0.15) is 0 Å². The number of hydrogen-bond acceptors (Lipinski definition) is 4. The Bertz CT molecular complexity index is 270. The highest BCUT2D eigenvalue weighted by atomic mass is 32.2. The zero-order valence-electron chi connectivity index (χ0n) is 8.39. The van der Waals surface area contributed by atoms with Gasteiger partial charge in [0.05, 0.1) is 0 Å². The van der Waals surface area contributed by atoms with Crippen LogP contribution in [0.25, 0.3) is 0 Å². The number of nitrogens with zero attached hydrogens (tertiary/aromatic N) is 3. The second-order valence-corrected chi connectivity index (χ2v) is 4.17. The highest BCUT2D eigenvalue weighted by molar-refractivity contribution is 7.96. The van der Waals surface area contributed by atoms with E-state index in [9.17, 15) is 0 Å². The van der Waals surface area contributed by atoms with Crippen molar-refractivity contribution in [2.24, 2.45) is 0 Å². The quantitative estimate of drug-likeness (QED) is 0.687. The maximum atomic E-state index is 4.35. The van der Waals surface area contributed by atoms with E-state index in [-0.39, 0.29) is 0 Å². The molecule has 3 nitrogen and oxygen atoms in total. The van der Waals surface area contributed by atoms with Crippen molar-refractivity contribution >= 4 is 17.8 Å². The van der Waals surface area contributed by atoms with Crippen molar-refractivity contribution in [2.75, 3.05) is 37.3 Å². The van der Waals surface area contributed by atoms with Gasteiger partial charge in [-0.25, -0.2) is 9.29 Å². The summed E-state index contributed by atoms with van der Waals surface area (Å²) in [5.41, 5.74) is 0. The highest BCUT2D eigenvalue weighted by Crippen LogP contribution is 2.15. The summed E-state index contributed by atoms with van der Waals surface area (Å²) < 4.78 is 2.39. The van der Waals surface area contributed by atoms with Crippen LogP contribution in [-0.2, 0) is 0 Å². The number of anilines is 1. The molecule has 1 aromatic heterocycles. The van der Waals surface area contributed by atoms with Gasteiger partial charge in [0.15, 0.2) is 0 Å². The smallest absolute Gasteiger partial charge is 0.128 e. The lowest BCUT2D eigenvalue weighted by molar-refractivity contribution is 0.429. The lowest BCUT2D eigenvalue weighted by Gasteiger charge is -2.33. The summed E-state index contributed by atoms with van der Waals surface area (Å²) in [4.78, 5) is 6.69. The SMILES string of the molecule is CSN1CCN(c2ccccn2)CC1. The van der Waals surface area contributed by atoms with E-state index < -0.39 is 0 Å². The molecule has 0 aliphatic carbocycles. The maximum Gasteiger partial charge on any atom is 0.128 e. The van der Waals surface area contributed by atoms with Gasteiger partial charge in [-0.2, -0.15) is 0 Å². The molecule has 2 heterocycles. The molecule has 0 spiro atoms. The topological polar surface area (TPSA) is 19.4 Å². The average Bonchev–Trinajstić information content (AvgIpc) is 2.30. The first kappa shape index (κ1) is 9.80. The molecule has 0 N–H and O–H groups in total. The minimum Gasteiger partial charge on any atom is -0.354 e. The maximum absolute atomic E-state index is 4.35. The molecule has 14 heavy (non-hydrogen) atoms. The first-order valence-electron chi connectivity index (χ1n) is 4.85. The van der Waals surface area contributed by atoms with Gasteiger partial charge in [0.2, 0.25) is 0 Å². The molecule has 1 saturated heterocycles. The van der Waals surface area contributed by atoms with Crippen molar-refractivity contribution < 1.29 is 0 Å². The van der Waals surface area contributed by atoms with E-state index in [1.807, 2.05) is 30.3 Å². The van der Waals surface area contributed by atoms with Crippen LogP contribution >= 0.6 is 11.9 Å². The third-order valence-electron chi connectivity index (χ3n) is 2.47. The Hall–Kier alpha value is -0.740. The van der Waals surface area contributed by atoms with Crippen molar-refractivity contribution in [1.82, 2.24) is 9.29 Å². The van der Waals surface area contributed by atoms with E-state index >= 15 is 0 Å². The Labute approximate surface area is 89.2 Å². The molecule has 1 fully saturated rings. The Balaban J connectivity index is 1.96. The van der Waals surface area contributed by atoms with E-state index in [2.05, 4.69) is 26.5 Å². The van der Waals surface area contributed by atoms with Crippen LogP contribution in [0.15, 0.2) is 24.4 Å². The molecule has 76 valence electrons. The van der Waals surface area contributed by atoms with Crippen molar-refractivity contribution in [3.8, 4) is 0 Å². The van der Waals surface area contributed by atoms with Crippen molar-refractivity contribution in [1.29, 1.82) is 0 Å². The molecule has 2 rings (SSSR count). The van der Waals surface area contributed by atoms with Crippen molar-refractivity contribution in [3.05, 3.63) is 24.4 Å². The second kappa shape index (κ2) is 4.66. The average molecular weight is 209 g/mol. The van der Waals surface area contributed by atoms with Crippen LogP contribution in [0.2, 0.25) is 0 Å². The van der Waals surface area contributed by atoms with Crippen LogP contribution in [-0.4, -0.2) is 41.7 Å². The molecule has 0 amide bonds. The minimum atomic E-state index is 1.08. The van der Waals surface area contributed by atoms with E-state index in [0.29, 0.717) is 0 Å². The van der Waals surface area contributed by atoms with Gasteiger partial charge in [-0.05, 0) is 18.4 Å². The summed E-state index contributed by atoms with van der Waals surface area (Å²) in [5, 5.41) is 0. The lowest BCUT2D eigenvalue weighted by Crippen LogP contribution is -2.43. The Kier molecular flexibility index (Phi) is 3.26. The van der Waals surface area contributed by atoms with Gasteiger partial charge in [-0.1, -0.05) is 18.0 Å². The van der Waals surface area contributed by atoms with Gasteiger partial charge in [-0.3, -0.25) is 0 Å². The molecule has 1 aromatic rings. The fraction of sp³-hybridized carbons (Fsp3) is 0.500. The third-order valence-corrected chi connectivity index (χ3v) is 3.35. The molecule has 0 radical (unpaired) electrons. The molecule has 0 atom stereocenters. The van der Waals surface area contributed by atoms with Crippen molar-refractivity contribution in [3.63, 3.8) is 0 Å². The predicted molar refractivity (Wildman–Crippen MR) is 61.5 cm³/mol. The van der Waals surface area contributed by atoms with Gasteiger partial charge in [-0.15, -0.1) is 0 Å². The predicted octanol–water partition coefficient (Wildman–Crippen LogP) is 1.48. The largest absolute Gasteiger partial charge is 0.354 e. The van der Waals surface area contributed by atoms with Crippen LogP contribution < -0.4 is 4.90 Å². The van der Waals surface area contributed by atoms with Crippen molar-refractivity contribution in [2.45, 2.75) is 0 Å². The summed E-state index contributed by atoms with van der Waals surface area (Å²) in [7, 11) is 0. The molecule has 0 unspecified atom stereocenters. The second-order valence-electron chi connectivity index (χ2n) is 3.29. The summed E-state index contributed by atoms with van der Waals surface area (Å²) >= 11 is 1.83. The lowest BCUT2D eigenvalue weighted by atomic mass is 10.3. The molecule has 0 bridgehead atoms. The summed E-state index contributed by atoms with van der Waals surface area (Å²) in [6.07, 6.45) is 3.99. The molecule has 0 saturated carbocycles. The van der Waals surface area contributed by atoms with Crippen LogP contribution in [0, 0.1) is 0 Å². The summed E-state index contributed by atoms with van der Waals surface area (Å²) in [5.74, 6) is 1.10. The zero-order valence-corrected chi connectivity index (χ0v) is 9.20. The number of hydrogen-bond donors (Lipinski definition) is 0. The fourth-order valence-electron chi connectivity index (χ4n) is 1.64. The zero-order chi connectivity index (χ0) is 9.80. The number of aromatic nitrogens is 1. The number of piperazine rings is 1. The Morgan fingerprint density at radius 2 is 2.00 bits per heavy atom. The fourth-order valence-corrected chi connectivity index (χ4v) is 2.17. The van der Waals surface area contributed by atoms with E-state index in [1.165, 1.54) is 0 Å². The van der Waals surface area contributed by atoms with E-state index in [1.54, 1.807) is 0 Å².